The first kappa shape index (κ1) is 12.8. The predicted molar refractivity (Wildman–Crippen MR) is 67.5 cm³/mol. The van der Waals surface area contributed by atoms with Gasteiger partial charge >= 0.3 is 5.97 Å². The maximum atomic E-state index is 11.1. The van der Waals surface area contributed by atoms with Crippen LogP contribution in [0, 0.1) is 0 Å². The number of anilines is 1. The van der Waals surface area contributed by atoms with E-state index in [0.29, 0.717) is 6.42 Å². The molecule has 0 spiro atoms. The minimum Gasteiger partial charge on any atom is -0.480 e. The lowest BCUT2D eigenvalue weighted by Gasteiger charge is -2.37. The molecule has 1 aliphatic heterocycles. The van der Waals surface area contributed by atoms with Gasteiger partial charge in [0.2, 0.25) is 0 Å². The van der Waals surface area contributed by atoms with Crippen LogP contribution in [-0.4, -0.2) is 58.4 Å². The van der Waals surface area contributed by atoms with Crippen molar-refractivity contribution in [3.8, 4) is 0 Å². The van der Waals surface area contributed by atoms with E-state index in [4.69, 9.17) is 5.11 Å². The minimum atomic E-state index is -0.731. The molecule has 0 saturated carbocycles. The number of aromatic nitrogens is 2. The molecule has 1 saturated heterocycles. The van der Waals surface area contributed by atoms with Crippen LogP contribution in [0.1, 0.15) is 13.3 Å². The quantitative estimate of drug-likeness (QED) is 0.837. The van der Waals surface area contributed by atoms with Crippen molar-refractivity contribution in [3.63, 3.8) is 0 Å². The van der Waals surface area contributed by atoms with Crippen LogP contribution in [0.4, 0.5) is 5.82 Å². The molecule has 0 aliphatic carbocycles. The van der Waals surface area contributed by atoms with Crippen molar-refractivity contribution >= 4 is 11.8 Å². The Labute approximate surface area is 106 Å². The molecule has 1 aliphatic rings. The molecule has 0 amide bonds. The molecule has 6 nitrogen and oxygen atoms in total. The number of aliphatic carboxylic acids is 1. The van der Waals surface area contributed by atoms with Gasteiger partial charge in [0.25, 0.3) is 0 Å². The number of hydrogen-bond acceptors (Lipinski definition) is 5. The zero-order chi connectivity index (χ0) is 13.0. The molecule has 0 aromatic carbocycles. The van der Waals surface area contributed by atoms with Crippen LogP contribution < -0.4 is 4.90 Å². The van der Waals surface area contributed by atoms with Gasteiger partial charge in [0.05, 0.1) is 0 Å². The number of carbonyl (C=O) groups is 1. The molecule has 1 aromatic heterocycles. The van der Waals surface area contributed by atoms with E-state index in [1.54, 1.807) is 6.20 Å². The van der Waals surface area contributed by atoms with Crippen LogP contribution in [-0.2, 0) is 4.79 Å². The average molecular weight is 250 g/mol. The summed E-state index contributed by atoms with van der Waals surface area (Å²) in [6.07, 6.45) is 2.29. The molecule has 0 bridgehead atoms. The van der Waals surface area contributed by atoms with Crippen molar-refractivity contribution in [2.45, 2.75) is 19.4 Å². The van der Waals surface area contributed by atoms with E-state index in [1.165, 1.54) is 0 Å². The van der Waals surface area contributed by atoms with Crippen LogP contribution in [0.2, 0.25) is 0 Å². The van der Waals surface area contributed by atoms with Gasteiger partial charge in [-0.2, -0.15) is 5.10 Å². The monoisotopic (exact) mass is 250 g/mol. The van der Waals surface area contributed by atoms with Gasteiger partial charge in [-0.1, -0.05) is 6.92 Å². The Kier molecular flexibility index (Phi) is 4.09. The Morgan fingerprint density at radius 2 is 2.17 bits per heavy atom. The smallest absolute Gasteiger partial charge is 0.320 e. The largest absolute Gasteiger partial charge is 0.480 e. The first-order chi connectivity index (χ1) is 8.72. The van der Waals surface area contributed by atoms with Crippen LogP contribution in [0.3, 0.4) is 0 Å². The minimum absolute atomic E-state index is 0.367. The average Bonchev–Trinajstić information content (AvgIpc) is 2.41. The number of piperazine rings is 1. The molecule has 1 unspecified atom stereocenters. The number of carboxylic acids is 1. The van der Waals surface area contributed by atoms with Crippen LogP contribution in [0.5, 0.6) is 0 Å². The van der Waals surface area contributed by atoms with Crippen molar-refractivity contribution in [3.05, 3.63) is 18.3 Å². The van der Waals surface area contributed by atoms with Gasteiger partial charge < -0.3 is 10.0 Å². The highest BCUT2D eigenvalue weighted by Gasteiger charge is 2.27. The first-order valence-corrected chi connectivity index (χ1v) is 6.22. The Morgan fingerprint density at radius 1 is 1.44 bits per heavy atom. The second-order valence-electron chi connectivity index (χ2n) is 4.37. The molecule has 1 fully saturated rings. The van der Waals surface area contributed by atoms with E-state index < -0.39 is 5.97 Å². The maximum Gasteiger partial charge on any atom is 0.320 e. The summed E-state index contributed by atoms with van der Waals surface area (Å²) in [5, 5.41) is 17.1. The second kappa shape index (κ2) is 5.77. The van der Waals surface area contributed by atoms with Gasteiger partial charge in [-0.15, -0.1) is 5.10 Å². The molecule has 6 heteroatoms. The summed E-state index contributed by atoms with van der Waals surface area (Å²) >= 11 is 0. The number of nitrogens with zero attached hydrogens (tertiary/aromatic N) is 4. The summed E-state index contributed by atoms with van der Waals surface area (Å²) in [5.74, 6) is 0.131. The third-order valence-electron chi connectivity index (χ3n) is 3.31. The molecule has 2 heterocycles. The maximum absolute atomic E-state index is 11.1. The molecule has 98 valence electrons. The molecular weight excluding hydrogens is 232 g/mol. The molecule has 0 radical (unpaired) electrons. The van der Waals surface area contributed by atoms with Crippen LogP contribution in [0.25, 0.3) is 0 Å². The summed E-state index contributed by atoms with van der Waals surface area (Å²) in [5.41, 5.74) is 0. The van der Waals surface area contributed by atoms with Crippen LogP contribution in [0.15, 0.2) is 18.3 Å². The molecule has 1 aromatic rings. The molecular formula is C12H18N4O2. The van der Waals surface area contributed by atoms with E-state index in [-0.39, 0.29) is 6.04 Å². The van der Waals surface area contributed by atoms with Gasteiger partial charge in [-0.05, 0) is 18.6 Å². The van der Waals surface area contributed by atoms with E-state index in [2.05, 4.69) is 15.1 Å². The normalized spacial score (nSPS) is 18.6. The SMILES string of the molecule is CCC(C(=O)O)N1CCN(c2cccnn2)CC1. The zero-order valence-corrected chi connectivity index (χ0v) is 10.5. The van der Waals surface area contributed by atoms with Crippen molar-refractivity contribution in [1.29, 1.82) is 0 Å². The summed E-state index contributed by atoms with van der Waals surface area (Å²) in [7, 11) is 0. The van der Waals surface area contributed by atoms with Gasteiger partial charge in [0, 0.05) is 32.4 Å². The number of hydrogen-bond donors (Lipinski definition) is 1. The Bertz CT molecular complexity index is 390. The van der Waals surface area contributed by atoms with Crippen LogP contribution >= 0.6 is 0 Å². The van der Waals surface area contributed by atoms with Gasteiger partial charge in [0.15, 0.2) is 5.82 Å². The fourth-order valence-electron chi connectivity index (χ4n) is 2.31. The topological polar surface area (TPSA) is 69.6 Å². The molecule has 18 heavy (non-hydrogen) atoms. The Morgan fingerprint density at radius 3 is 2.67 bits per heavy atom. The third kappa shape index (κ3) is 2.76. The van der Waals surface area contributed by atoms with E-state index in [1.807, 2.05) is 24.0 Å². The van der Waals surface area contributed by atoms with Crippen molar-refractivity contribution in [2.75, 3.05) is 31.1 Å². The fourth-order valence-corrected chi connectivity index (χ4v) is 2.31. The summed E-state index contributed by atoms with van der Waals surface area (Å²) < 4.78 is 0. The second-order valence-corrected chi connectivity index (χ2v) is 4.37. The lowest BCUT2D eigenvalue weighted by molar-refractivity contribution is -0.143. The Balaban J connectivity index is 1.94. The standard InChI is InChI=1S/C12H18N4O2/c1-2-10(12(17)18)15-6-8-16(9-7-15)11-4-3-5-13-14-11/h3-5,10H,2,6-9H2,1H3,(H,17,18). The lowest BCUT2D eigenvalue weighted by atomic mass is 10.1. The molecule has 2 rings (SSSR count). The van der Waals surface area contributed by atoms with Gasteiger partial charge in [-0.3, -0.25) is 9.69 Å². The van der Waals surface area contributed by atoms with Crippen molar-refractivity contribution < 1.29 is 9.90 Å². The molecule has 1 N–H and O–H groups in total. The van der Waals surface area contributed by atoms with Gasteiger partial charge in [0.1, 0.15) is 6.04 Å². The van der Waals surface area contributed by atoms with E-state index in [9.17, 15) is 4.79 Å². The number of carboxylic acid groups (broad SMARTS) is 1. The fraction of sp³-hybridized carbons (Fsp3) is 0.583. The highest BCUT2D eigenvalue weighted by Crippen LogP contribution is 2.14. The summed E-state index contributed by atoms with van der Waals surface area (Å²) in [6, 6.07) is 3.42. The zero-order valence-electron chi connectivity index (χ0n) is 10.5. The third-order valence-corrected chi connectivity index (χ3v) is 3.31. The van der Waals surface area contributed by atoms with Crippen molar-refractivity contribution in [2.24, 2.45) is 0 Å². The highest BCUT2D eigenvalue weighted by molar-refractivity contribution is 5.73. The van der Waals surface area contributed by atoms with E-state index >= 15 is 0 Å². The van der Waals surface area contributed by atoms with Crippen molar-refractivity contribution in [1.82, 2.24) is 15.1 Å². The first-order valence-electron chi connectivity index (χ1n) is 6.22. The lowest BCUT2D eigenvalue weighted by Crippen LogP contribution is -2.52. The number of rotatable bonds is 4. The van der Waals surface area contributed by atoms with E-state index in [0.717, 1.165) is 32.0 Å². The molecule has 1 atom stereocenters. The summed E-state index contributed by atoms with van der Waals surface area (Å²) in [4.78, 5) is 15.3. The van der Waals surface area contributed by atoms with Gasteiger partial charge in [-0.25, -0.2) is 0 Å². The predicted octanol–water partition coefficient (Wildman–Crippen LogP) is 0.462. The summed E-state index contributed by atoms with van der Waals surface area (Å²) in [6.45, 7) is 5.00. The Hall–Kier alpha value is -1.69. The highest BCUT2D eigenvalue weighted by atomic mass is 16.4.